The zero-order valence-electron chi connectivity index (χ0n) is 16.8. The van der Waals surface area contributed by atoms with Crippen molar-refractivity contribution in [2.24, 2.45) is 0 Å². The van der Waals surface area contributed by atoms with Gasteiger partial charge in [0.15, 0.2) is 0 Å². The summed E-state index contributed by atoms with van der Waals surface area (Å²) in [5.41, 5.74) is 2.05. The van der Waals surface area contributed by atoms with Gasteiger partial charge in [-0.3, -0.25) is 19.8 Å². The third kappa shape index (κ3) is 4.92. The molecule has 2 heterocycles. The van der Waals surface area contributed by atoms with Crippen LogP contribution in [-0.2, 0) is 22.5 Å². The number of thiophene rings is 1. The van der Waals surface area contributed by atoms with Gasteiger partial charge in [0, 0.05) is 36.2 Å². The number of carbonyl (C=O) groups excluding carboxylic acids is 2. The zero-order chi connectivity index (χ0) is 21.7. The second kappa shape index (κ2) is 9.64. The van der Waals surface area contributed by atoms with Gasteiger partial charge in [0.1, 0.15) is 5.00 Å². The molecule has 2 aromatic rings. The number of nitrogens with zero attached hydrogens (tertiary/aromatic N) is 2. The molecule has 0 radical (unpaired) electrons. The molecule has 0 fully saturated rings. The third-order valence-corrected chi connectivity index (χ3v) is 5.96. The van der Waals surface area contributed by atoms with Crippen LogP contribution < -0.4 is 5.32 Å². The van der Waals surface area contributed by atoms with E-state index in [-0.39, 0.29) is 18.2 Å². The number of hydrogen-bond acceptors (Lipinski definition) is 7. The van der Waals surface area contributed by atoms with Gasteiger partial charge in [0.2, 0.25) is 5.91 Å². The molecular formula is C21H23N3O5S. The number of nitro benzene ring substituents is 1. The molecule has 1 aromatic heterocycles. The summed E-state index contributed by atoms with van der Waals surface area (Å²) in [5.74, 6) is -0.806. The maximum Gasteiger partial charge on any atom is 0.341 e. The lowest BCUT2D eigenvalue weighted by Crippen LogP contribution is -2.30. The number of carbonyl (C=O) groups is 2. The first-order valence-electron chi connectivity index (χ1n) is 9.70. The van der Waals surface area contributed by atoms with E-state index < -0.39 is 10.9 Å². The fourth-order valence-corrected chi connectivity index (χ4v) is 4.55. The van der Waals surface area contributed by atoms with Crippen molar-refractivity contribution >= 4 is 40.0 Å². The Kier molecular flexibility index (Phi) is 6.96. The Bertz CT molecular complexity index is 981. The second-order valence-electron chi connectivity index (χ2n) is 6.72. The highest BCUT2D eigenvalue weighted by Crippen LogP contribution is 2.37. The summed E-state index contributed by atoms with van der Waals surface area (Å²) in [6.07, 6.45) is 3.64. The molecule has 1 aliphatic heterocycles. The number of likely N-dealkylation sites (N-methyl/N-ethyl adjacent to an activating group) is 1. The monoisotopic (exact) mass is 429 g/mol. The van der Waals surface area contributed by atoms with Crippen LogP contribution in [0.2, 0.25) is 0 Å². The van der Waals surface area contributed by atoms with Gasteiger partial charge in [-0.1, -0.05) is 6.92 Å². The molecule has 9 heteroatoms. The Balaban J connectivity index is 1.79. The number of amides is 1. The maximum absolute atomic E-state index is 12.5. The largest absolute Gasteiger partial charge is 0.462 e. The van der Waals surface area contributed by atoms with Crippen molar-refractivity contribution in [3.63, 3.8) is 0 Å². The summed E-state index contributed by atoms with van der Waals surface area (Å²) < 4.78 is 5.22. The molecule has 30 heavy (non-hydrogen) atoms. The molecule has 0 spiro atoms. The minimum atomic E-state index is -0.477. The van der Waals surface area contributed by atoms with E-state index in [4.69, 9.17) is 4.74 Å². The van der Waals surface area contributed by atoms with Gasteiger partial charge in [-0.05, 0) is 49.2 Å². The molecule has 0 saturated heterocycles. The molecule has 158 valence electrons. The fraction of sp³-hybridized carbons (Fsp3) is 0.333. The summed E-state index contributed by atoms with van der Waals surface area (Å²) in [4.78, 5) is 38.6. The minimum absolute atomic E-state index is 0.0130. The standard InChI is InChI=1S/C21H23N3O5S/c1-3-23-12-11-16-17(13-23)30-20(19(16)21(26)29-4-2)22-18(25)10-7-14-5-8-15(9-6-14)24(27)28/h5-10H,3-4,11-13H2,1-2H3,(H,22,25)/b10-7-. The first kappa shape index (κ1) is 21.7. The molecule has 1 aromatic carbocycles. The van der Waals surface area contributed by atoms with Crippen molar-refractivity contribution < 1.29 is 19.2 Å². The first-order valence-corrected chi connectivity index (χ1v) is 10.5. The van der Waals surface area contributed by atoms with Crippen LogP contribution in [0.15, 0.2) is 30.3 Å². The Labute approximate surface area is 178 Å². The highest BCUT2D eigenvalue weighted by Gasteiger charge is 2.28. The normalized spacial score (nSPS) is 13.8. The quantitative estimate of drug-likeness (QED) is 0.310. The van der Waals surface area contributed by atoms with Gasteiger partial charge in [0.25, 0.3) is 5.69 Å². The second-order valence-corrected chi connectivity index (χ2v) is 7.82. The lowest BCUT2D eigenvalue weighted by Gasteiger charge is -2.25. The number of non-ortho nitro benzene ring substituents is 1. The van der Waals surface area contributed by atoms with Gasteiger partial charge in [-0.25, -0.2) is 4.79 Å². The number of esters is 1. The third-order valence-electron chi connectivity index (χ3n) is 4.83. The highest BCUT2D eigenvalue weighted by molar-refractivity contribution is 7.17. The van der Waals surface area contributed by atoms with Crippen molar-refractivity contribution in [2.45, 2.75) is 26.8 Å². The highest BCUT2D eigenvalue weighted by atomic mass is 32.1. The predicted molar refractivity (Wildman–Crippen MR) is 116 cm³/mol. The topological polar surface area (TPSA) is 102 Å². The molecule has 1 N–H and O–H groups in total. The number of benzene rings is 1. The SMILES string of the molecule is CCOC(=O)c1c(NC(=O)/C=C\c2ccc([N+](=O)[O-])cc2)sc2c1CCN(CC)C2. The predicted octanol–water partition coefficient (Wildman–Crippen LogP) is 3.86. The van der Waals surface area contributed by atoms with Gasteiger partial charge in [-0.15, -0.1) is 11.3 Å². The van der Waals surface area contributed by atoms with Crippen LogP contribution in [-0.4, -0.2) is 41.4 Å². The van der Waals surface area contributed by atoms with Crippen LogP contribution in [0.25, 0.3) is 6.08 Å². The van der Waals surface area contributed by atoms with Gasteiger partial charge >= 0.3 is 5.97 Å². The van der Waals surface area contributed by atoms with E-state index in [0.717, 1.165) is 36.5 Å². The van der Waals surface area contributed by atoms with Gasteiger partial charge in [-0.2, -0.15) is 0 Å². The molecule has 1 amide bonds. The zero-order valence-corrected chi connectivity index (χ0v) is 17.7. The van der Waals surface area contributed by atoms with E-state index in [1.807, 2.05) is 0 Å². The molecule has 0 atom stereocenters. The summed E-state index contributed by atoms with van der Waals surface area (Å²) >= 11 is 1.41. The molecule has 8 nitrogen and oxygen atoms in total. The van der Waals surface area contributed by atoms with Crippen LogP contribution in [0.4, 0.5) is 10.7 Å². The van der Waals surface area contributed by atoms with Crippen molar-refractivity contribution in [1.82, 2.24) is 4.90 Å². The summed E-state index contributed by atoms with van der Waals surface area (Å²) in [5, 5.41) is 14.0. The Morgan fingerprint density at radius 2 is 2.03 bits per heavy atom. The van der Waals surface area contributed by atoms with Crippen molar-refractivity contribution in [3.05, 3.63) is 62.0 Å². The van der Waals surface area contributed by atoms with Crippen LogP contribution in [0.3, 0.4) is 0 Å². The van der Waals surface area contributed by atoms with Crippen LogP contribution in [0.1, 0.15) is 40.2 Å². The maximum atomic E-state index is 12.5. The van der Waals surface area contributed by atoms with Crippen molar-refractivity contribution in [3.8, 4) is 0 Å². The number of anilines is 1. The van der Waals surface area contributed by atoms with Gasteiger partial charge < -0.3 is 10.1 Å². The van der Waals surface area contributed by atoms with E-state index >= 15 is 0 Å². The summed E-state index contributed by atoms with van der Waals surface area (Å²) in [7, 11) is 0. The van der Waals surface area contributed by atoms with Crippen LogP contribution in [0, 0.1) is 10.1 Å². The number of rotatable bonds is 7. The average Bonchev–Trinajstić information content (AvgIpc) is 3.09. The fourth-order valence-electron chi connectivity index (χ4n) is 3.27. The van der Waals surface area contributed by atoms with Crippen molar-refractivity contribution in [1.29, 1.82) is 0 Å². The van der Waals surface area contributed by atoms with E-state index in [9.17, 15) is 19.7 Å². The van der Waals surface area contributed by atoms with E-state index in [0.29, 0.717) is 16.1 Å². The molecule has 1 aliphatic rings. The Morgan fingerprint density at radius 1 is 1.30 bits per heavy atom. The van der Waals surface area contributed by atoms with Crippen LogP contribution >= 0.6 is 11.3 Å². The van der Waals surface area contributed by atoms with E-state index in [1.165, 1.54) is 29.5 Å². The lowest BCUT2D eigenvalue weighted by atomic mass is 10.0. The molecule has 0 saturated carbocycles. The number of hydrogen-bond donors (Lipinski definition) is 1. The smallest absolute Gasteiger partial charge is 0.341 e. The first-order chi connectivity index (χ1) is 14.4. The minimum Gasteiger partial charge on any atom is -0.462 e. The molecule has 0 unspecified atom stereocenters. The molecular weight excluding hydrogens is 406 g/mol. The van der Waals surface area contributed by atoms with Crippen LogP contribution in [0.5, 0.6) is 0 Å². The Morgan fingerprint density at radius 3 is 2.67 bits per heavy atom. The number of nitrogens with one attached hydrogen (secondary N) is 1. The summed E-state index contributed by atoms with van der Waals surface area (Å²) in [6.45, 7) is 6.64. The molecule has 3 rings (SSSR count). The van der Waals surface area contributed by atoms with Gasteiger partial charge in [0.05, 0.1) is 17.1 Å². The average molecular weight is 429 g/mol. The Hall–Kier alpha value is -3.04. The lowest BCUT2D eigenvalue weighted by molar-refractivity contribution is -0.384. The number of nitro groups is 1. The van der Waals surface area contributed by atoms with E-state index in [1.54, 1.807) is 25.1 Å². The summed E-state index contributed by atoms with van der Waals surface area (Å²) in [6, 6.07) is 5.89. The van der Waals surface area contributed by atoms with E-state index in [2.05, 4.69) is 17.1 Å². The number of ether oxygens (including phenoxy) is 1. The van der Waals surface area contributed by atoms with Crippen molar-refractivity contribution in [2.75, 3.05) is 25.0 Å². The molecule has 0 aliphatic carbocycles. The number of fused-ring (bicyclic) bond motifs is 1. The molecule has 0 bridgehead atoms.